The molecule has 1 atom stereocenters. The molecule has 0 radical (unpaired) electrons. The quantitative estimate of drug-likeness (QED) is 0.852. The summed E-state index contributed by atoms with van der Waals surface area (Å²) in [5, 5.41) is 2.61. The van der Waals surface area contributed by atoms with Gasteiger partial charge in [0.25, 0.3) is 5.91 Å². The first-order chi connectivity index (χ1) is 12.3. The second-order valence-corrected chi connectivity index (χ2v) is 6.84. The summed E-state index contributed by atoms with van der Waals surface area (Å²) in [4.78, 5) is 33.6. The molecule has 134 valence electrons. The molecule has 1 fully saturated rings. The first kappa shape index (κ1) is 16.5. The van der Waals surface area contributed by atoms with Crippen molar-refractivity contribution in [3.05, 3.63) is 41.7 Å². The van der Waals surface area contributed by atoms with Gasteiger partial charge in [-0.05, 0) is 44.0 Å². The number of nitrogens with zero attached hydrogens (tertiary/aromatic N) is 3. The summed E-state index contributed by atoms with van der Waals surface area (Å²) in [6.45, 7) is 5.87. The molecule has 1 N–H and O–H groups in total. The molecule has 2 aromatic rings. The molecule has 3 amide bonds. The van der Waals surface area contributed by atoms with E-state index in [1.165, 1.54) is 12.4 Å². The number of hydrogen-bond donors (Lipinski definition) is 1. The van der Waals surface area contributed by atoms with Crippen LogP contribution in [0.4, 0.5) is 10.5 Å². The Morgan fingerprint density at radius 3 is 2.65 bits per heavy atom. The fourth-order valence-electron chi connectivity index (χ4n) is 3.02. The molecule has 1 aromatic carbocycles. The summed E-state index contributed by atoms with van der Waals surface area (Å²) in [5.41, 5.74) is 1.57. The van der Waals surface area contributed by atoms with Crippen molar-refractivity contribution in [2.75, 3.05) is 4.90 Å². The SMILES string of the molecule is CC1OCc2ccc(Oc3ncc(N4C(=O)NC(C)(C)C4=O)cn3)cc21. The number of amides is 3. The van der Waals surface area contributed by atoms with Crippen LogP contribution in [-0.2, 0) is 16.1 Å². The third-order valence-corrected chi connectivity index (χ3v) is 4.49. The van der Waals surface area contributed by atoms with Crippen molar-refractivity contribution in [3.63, 3.8) is 0 Å². The van der Waals surface area contributed by atoms with E-state index in [-0.39, 0.29) is 18.0 Å². The van der Waals surface area contributed by atoms with Crippen LogP contribution in [0.2, 0.25) is 0 Å². The lowest BCUT2D eigenvalue weighted by atomic mass is 10.1. The highest BCUT2D eigenvalue weighted by molar-refractivity contribution is 6.22. The van der Waals surface area contributed by atoms with Crippen LogP contribution in [0.5, 0.6) is 11.8 Å². The summed E-state index contributed by atoms with van der Waals surface area (Å²) < 4.78 is 11.3. The molecule has 26 heavy (non-hydrogen) atoms. The van der Waals surface area contributed by atoms with Crippen LogP contribution in [0.3, 0.4) is 0 Å². The third-order valence-electron chi connectivity index (χ3n) is 4.49. The van der Waals surface area contributed by atoms with Gasteiger partial charge in [-0.2, -0.15) is 0 Å². The van der Waals surface area contributed by atoms with Gasteiger partial charge in [0.2, 0.25) is 0 Å². The lowest BCUT2D eigenvalue weighted by molar-refractivity contribution is -0.121. The molecule has 2 aliphatic heterocycles. The van der Waals surface area contributed by atoms with Crippen LogP contribution < -0.4 is 15.0 Å². The Labute approximate surface area is 150 Å². The zero-order valence-corrected chi connectivity index (χ0v) is 14.6. The van der Waals surface area contributed by atoms with Crippen molar-refractivity contribution in [2.45, 2.75) is 39.0 Å². The molecule has 1 aromatic heterocycles. The maximum Gasteiger partial charge on any atom is 0.329 e. The zero-order chi connectivity index (χ0) is 18.5. The molecule has 8 nitrogen and oxygen atoms in total. The fraction of sp³-hybridized carbons (Fsp3) is 0.333. The van der Waals surface area contributed by atoms with Crippen LogP contribution in [0, 0.1) is 0 Å². The van der Waals surface area contributed by atoms with Gasteiger partial charge >= 0.3 is 12.0 Å². The molecule has 2 aliphatic rings. The third kappa shape index (κ3) is 2.68. The summed E-state index contributed by atoms with van der Waals surface area (Å²) in [7, 11) is 0. The van der Waals surface area contributed by atoms with E-state index >= 15 is 0 Å². The normalized spacial score (nSPS) is 20.9. The molecular weight excluding hydrogens is 336 g/mol. The lowest BCUT2D eigenvalue weighted by Crippen LogP contribution is -2.40. The fourth-order valence-corrected chi connectivity index (χ4v) is 3.02. The number of rotatable bonds is 3. The van der Waals surface area contributed by atoms with E-state index in [1.807, 2.05) is 25.1 Å². The van der Waals surface area contributed by atoms with Crippen LogP contribution in [0.25, 0.3) is 0 Å². The van der Waals surface area contributed by atoms with Gasteiger partial charge in [-0.25, -0.2) is 19.7 Å². The van der Waals surface area contributed by atoms with E-state index in [4.69, 9.17) is 9.47 Å². The molecule has 0 spiro atoms. The molecular formula is C18H18N4O4. The van der Waals surface area contributed by atoms with Gasteiger partial charge in [0.15, 0.2) is 0 Å². The van der Waals surface area contributed by atoms with Gasteiger partial charge in [0.1, 0.15) is 11.3 Å². The van der Waals surface area contributed by atoms with Gasteiger partial charge < -0.3 is 14.8 Å². The zero-order valence-electron chi connectivity index (χ0n) is 14.6. The van der Waals surface area contributed by atoms with Crippen molar-refractivity contribution in [3.8, 4) is 11.8 Å². The summed E-state index contributed by atoms with van der Waals surface area (Å²) in [5.74, 6) is 0.248. The minimum atomic E-state index is -0.949. The van der Waals surface area contributed by atoms with E-state index in [1.54, 1.807) is 13.8 Å². The average molecular weight is 354 g/mol. The molecule has 3 heterocycles. The Morgan fingerprint density at radius 2 is 2.00 bits per heavy atom. The summed E-state index contributed by atoms with van der Waals surface area (Å²) in [6, 6.07) is 5.33. The monoisotopic (exact) mass is 354 g/mol. The number of carbonyl (C=O) groups excluding carboxylic acids is 2. The predicted octanol–water partition coefficient (Wildman–Crippen LogP) is 2.69. The maximum absolute atomic E-state index is 12.3. The Kier molecular flexibility index (Phi) is 3.66. The van der Waals surface area contributed by atoms with Gasteiger partial charge in [-0.3, -0.25) is 4.79 Å². The number of ether oxygens (including phenoxy) is 2. The van der Waals surface area contributed by atoms with Gasteiger partial charge in [0.05, 0.1) is 30.8 Å². The molecule has 1 unspecified atom stereocenters. The molecule has 4 rings (SSSR count). The highest BCUT2D eigenvalue weighted by atomic mass is 16.5. The number of carbonyl (C=O) groups is 2. The van der Waals surface area contributed by atoms with E-state index in [0.717, 1.165) is 16.0 Å². The van der Waals surface area contributed by atoms with Crippen LogP contribution >= 0.6 is 0 Å². The Balaban J connectivity index is 1.53. The summed E-state index contributed by atoms with van der Waals surface area (Å²) >= 11 is 0. The number of hydrogen-bond acceptors (Lipinski definition) is 6. The average Bonchev–Trinajstić information content (AvgIpc) is 3.06. The van der Waals surface area contributed by atoms with E-state index < -0.39 is 11.6 Å². The number of urea groups is 1. The Bertz CT molecular complexity index is 895. The number of imide groups is 1. The van der Waals surface area contributed by atoms with E-state index in [9.17, 15) is 9.59 Å². The number of aromatic nitrogens is 2. The number of nitrogens with one attached hydrogen (secondary N) is 1. The van der Waals surface area contributed by atoms with Crippen LogP contribution in [-0.4, -0.2) is 27.4 Å². The predicted molar refractivity (Wildman–Crippen MR) is 91.8 cm³/mol. The van der Waals surface area contributed by atoms with Crippen LogP contribution in [0.1, 0.15) is 38.0 Å². The highest BCUT2D eigenvalue weighted by Crippen LogP contribution is 2.34. The van der Waals surface area contributed by atoms with Crippen molar-refractivity contribution >= 4 is 17.6 Å². The van der Waals surface area contributed by atoms with Crippen molar-refractivity contribution < 1.29 is 19.1 Å². The van der Waals surface area contributed by atoms with Crippen molar-refractivity contribution in [1.29, 1.82) is 0 Å². The largest absolute Gasteiger partial charge is 0.424 e. The maximum atomic E-state index is 12.3. The molecule has 0 bridgehead atoms. The minimum Gasteiger partial charge on any atom is -0.424 e. The highest BCUT2D eigenvalue weighted by Gasteiger charge is 2.45. The first-order valence-electron chi connectivity index (χ1n) is 8.26. The van der Waals surface area contributed by atoms with E-state index in [2.05, 4.69) is 15.3 Å². The Hall–Kier alpha value is -3.00. The van der Waals surface area contributed by atoms with Gasteiger partial charge in [-0.15, -0.1) is 0 Å². The van der Waals surface area contributed by atoms with Crippen molar-refractivity contribution in [2.24, 2.45) is 0 Å². The van der Waals surface area contributed by atoms with E-state index in [0.29, 0.717) is 18.0 Å². The second kappa shape index (κ2) is 5.77. The second-order valence-electron chi connectivity index (χ2n) is 6.84. The molecule has 1 saturated heterocycles. The summed E-state index contributed by atoms with van der Waals surface area (Å²) in [6.07, 6.45) is 2.81. The molecule has 8 heteroatoms. The molecule has 0 saturated carbocycles. The lowest BCUT2D eigenvalue weighted by Gasteiger charge is -2.15. The van der Waals surface area contributed by atoms with Crippen molar-refractivity contribution in [1.82, 2.24) is 15.3 Å². The van der Waals surface area contributed by atoms with Gasteiger partial charge in [0, 0.05) is 0 Å². The number of benzene rings is 1. The Morgan fingerprint density at radius 1 is 1.27 bits per heavy atom. The smallest absolute Gasteiger partial charge is 0.329 e. The number of anilines is 1. The van der Waals surface area contributed by atoms with Gasteiger partial charge in [-0.1, -0.05) is 6.07 Å². The topological polar surface area (TPSA) is 93.7 Å². The first-order valence-corrected chi connectivity index (χ1v) is 8.26. The number of fused-ring (bicyclic) bond motifs is 1. The molecule has 0 aliphatic carbocycles. The standard InChI is InChI=1S/C18H18N4O4/c1-10-14-6-13(5-4-11(14)9-25-10)26-16-19-7-12(8-20-16)22-15(23)18(2,3)21-17(22)24/h4-8,10H,9H2,1-3H3,(H,21,24). The van der Waals surface area contributed by atoms with Crippen LogP contribution in [0.15, 0.2) is 30.6 Å². The minimum absolute atomic E-state index is 0.0277.